The van der Waals surface area contributed by atoms with E-state index >= 15 is 8.78 Å². The Morgan fingerprint density at radius 3 is 2.38 bits per heavy atom. The molecular weight excluding hydrogens is 538 g/mol. The Hall–Kier alpha value is -2.99. The first-order valence-electron chi connectivity index (χ1n) is 12.7. The minimum absolute atomic E-state index is 0.0949. The van der Waals surface area contributed by atoms with E-state index < -0.39 is 57.0 Å². The molecule has 1 saturated carbocycles. The standard InChI is InChI=1S/C27H31F4N3O4S/c1-15-4-7-20-13-24(33-39(3,37)38)18(10-15)14-34(20)26(36)27(30,31)21-12-17(5-8-23(21)29)25(35)32-19-6-9-22(28)16(2)11-19/h5-6,8-9,11-12,15,18,20,24,33H,4,7,10,13-14H2,1-3H3,(H,32,35)/t15-,18?,20+,24+/m0/s1. The number of halogens is 4. The van der Waals surface area contributed by atoms with Crippen molar-refractivity contribution in [2.24, 2.45) is 11.8 Å². The average Bonchev–Trinajstić information content (AvgIpc) is 2.83. The van der Waals surface area contributed by atoms with Crippen LogP contribution in [0.15, 0.2) is 36.4 Å². The maximum Gasteiger partial charge on any atom is 0.352 e. The van der Waals surface area contributed by atoms with Crippen molar-refractivity contribution in [3.05, 3.63) is 64.7 Å². The Bertz CT molecular complexity index is 1390. The zero-order valence-electron chi connectivity index (χ0n) is 21.8. The Morgan fingerprint density at radius 1 is 1.03 bits per heavy atom. The average molecular weight is 570 g/mol. The molecule has 1 aliphatic carbocycles. The molecule has 4 atom stereocenters. The minimum Gasteiger partial charge on any atom is -0.334 e. The van der Waals surface area contributed by atoms with Crippen LogP contribution in [0.3, 0.4) is 0 Å². The van der Waals surface area contributed by atoms with Crippen LogP contribution in [0.5, 0.6) is 0 Å². The number of piperidine rings is 1. The third kappa shape index (κ3) is 6.43. The van der Waals surface area contributed by atoms with Crippen molar-refractivity contribution < 1.29 is 35.6 Å². The van der Waals surface area contributed by atoms with Gasteiger partial charge in [0.1, 0.15) is 11.6 Å². The molecule has 12 heteroatoms. The topological polar surface area (TPSA) is 95.6 Å². The highest BCUT2D eigenvalue weighted by molar-refractivity contribution is 7.88. The van der Waals surface area contributed by atoms with E-state index in [1.165, 1.54) is 19.1 Å². The van der Waals surface area contributed by atoms with Gasteiger partial charge >= 0.3 is 5.92 Å². The Kier molecular flexibility index (Phi) is 8.09. The molecule has 212 valence electrons. The summed E-state index contributed by atoms with van der Waals surface area (Å²) in [5.74, 6) is -8.69. The number of amides is 2. The zero-order chi connectivity index (χ0) is 28.7. The highest BCUT2D eigenvalue weighted by atomic mass is 32.2. The Morgan fingerprint density at radius 2 is 1.72 bits per heavy atom. The molecule has 2 heterocycles. The lowest BCUT2D eigenvalue weighted by molar-refractivity contribution is -0.166. The predicted molar refractivity (Wildman–Crippen MR) is 138 cm³/mol. The summed E-state index contributed by atoms with van der Waals surface area (Å²) >= 11 is 0. The second kappa shape index (κ2) is 10.9. The van der Waals surface area contributed by atoms with Crippen molar-refractivity contribution in [1.82, 2.24) is 9.62 Å². The molecular formula is C27H31F4N3O4S. The number of alkyl halides is 2. The van der Waals surface area contributed by atoms with E-state index in [4.69, 9.17) is 0 Å². The molecule has 7 nitrogen and oxygen atoms in total. The van der Waals surface area contributed by atoms with Gasteiger partial charge in [-0.1, -0.05) is 6.92 Å². The van der Waals surface area contributed by atoms with Crippen molar-refractivity contribution in [1.29, 1.82) is 0 Å². The number of benzene rings is 2. The van der Waals surface area contributed by atoms with E-state index in [-0.39, 0.29) is 41.6 Å². The molecule has 2 bridgehead atoms. The molecule has 39 heavy (non-hydrogen) atoms. The molecule has 2 amide bonds. The summed E-state index contributed by atoms with van der Waals surface area (Å²) in [4.78, 5) is 27.0. The monoisotopic (exact) mass is 569 g/mol. The molecule has 2 aromatic rings. The van der Waals surface area contributed by atoms with Gasteiger partial charge in [0.2, 0.25) is 10.0 Å². The normalized spacial score (nSPS) is 23.7. The van der Waals surface area contributed by atoms with Gasteiger partial charge in [-0.05, 0) is 86.4 Å². The van der Waals surface area contributed by atoms with Gasteiger partial charge in [-0.25, -0.2) is 21.9 Å². The molecule has 1 unspecified atom stereocenters. The minimum atomic E-state index is -4.28. The number of aryl methyl sites for hydroxylation is 1. The second-order valence-corrected chi connectivity index (χ2v) is 12.5. The van der Waals surface area contributed by atoms with Gasteiger partial charge in [0, 0.05) is 29.9 Å². The quantitative estimate of drug-likeness (QED) is 0.499. The van der Waals surface area contributed by atoms with Crippen molar-refractivity contribution in [3.63, 3.8) is 0 Å². The van der Waals surface area contributed by atoms with Gasteiger partial charge in [-0.3, -0.25) is 9.59 Å². The fraction of sp³-hybridized carbons (Fsp3) is 0.481. The van der Waals surface area contributed by atoms with Crippen LogP contribution < -0.4 is 10.0 Å². The molecule has 0 spiro atoms. The van der Waals surface area contributed by atoms with Crippen molar-refractivity contribution in [2.75, 3.05) is 18.1 Å². The number of sulfonamides is 1. The van der Waals surface area contributed by atoms with Crippen LogP contribution in [-0.4, -0.2) is 50.0 Å². The third-order valence-electron chi connectivity index (χ3n) is 7.54. The Balaban J connectivity index is 1.59. The number of hydrogen-bond donors (Lipinski definition) is 2. The van der Waals surface area contributed by atoms with Crippen LogP contribution in [0.2, 0.25) is 0 Å². The lowest BCUT2D eigenvalue weighted by Gasteiger charge is -2.48. The van der Waals surface area contributed by atoms with E-state index in [1.807, 2.05) is 6.92 Å². The smallest absolute Gasteiger partial charge is 0.334 e. The zero-order valence-corrected chi connectivity index (χ0v) is 22.6. The predicted octanol–water partition coefficient (Wildman–Crippen LogP) is 4.57. The van der Waals surface area contributed by atoms with Gasteiger partial charge in [0.15, 0.2) is 0 Å². The molecule has 3 aliphatic rings. The number of nitrogens with zero attached hydrogens (tertiary/aromatic N) is 1. The highest BCUT2D eigenvalue weighted by Crippen LogP contribution is 2.40. The maximum atomic E-state index is 15.7. The first-order valence-corrected chi connectivity index (χ1v) is 14.6. The molecule has 2 saturated heterocycles. The highest BCUT2D eigenvalue weighted by Gasteiger charge is 2.51. The molecule has 2 aliphatic heterocycles. The summed E-state index contributed by atoms with van der Waals surface area (Å²) in [5.41, 5.74) is -1.06. The van der Waals surface area contributed by atoms with Crippen LogP contribution in [0.4, 0.5) is 23.2 Å². The van der Waals surface area contributed by atoms with E-state index in [1.54, 1.807) is 0 Å². The van der Waals surface area contributed by atoms with Gasteiger partial charge in [0.05, 0.1) is 11.8 Å². The van der Waals surface area contributed by atoms with E-state index in [2.05, 4.69) is 10.0 Å². The molecule has 3 fully saturated rings. The number of carbonyl (C=O) groups excluding carboxylic acids is 2. The van der Waals surface area contributed by atoms with Crippen molar-refractivity contribution in [3.8, 4) is 0 Å². The number of carbonyl (C=O) groups is 2. The van der Waals surface area contributed by atoms with Gasteiger partial charge in [0.25, 0.3) is 11.8 Å². The SMILES string of the molecule is Cc1cc(NC(=O)c2ccc(F)c(C(F)(F)C(=O)N3CC4C[C@@H](C)CC[C@@H]3C[C@H]4NS(C)(=O)=O)c2)ccc1F. The number of hydrogen-bond acceptors (Lipinski definition) is 4. The summed E-state index contributed by atoms with van der Waals surface area (Å²) in [6, 6.07) is 5.02. The summed E-state index contributed by atoms with van der Waals surface area (Å²) in [6.45, 7) is 3.39. The van der Waals surface area contributed by atoms with Crippen molar-refractivity contribution in [2.45, 2.75) is 57.5 Å². The third-order valence-corrected chi connectivity index (χ3v) is 8.27. The summed E-state index contributed by atoms with van der Waals surface area (Å²) in [7, 11) is -3.55. The fourth-order valence-corrected chi connectivity index (χ4v) is 6.40. The van der Waals surface area contributed by atoms with Gasteiger partial charge in [-0.15, -0.1) is 0 Å². The van der Waals surface area contributed by atoms with E-state index in [9.17, 15) is 26.8 Å². The van der Waals surface area contributed by atoms with Crippen LogP contribution in [-0.2, 0) is 20.7 Å². The van der Waals surface area contributed by atoms with Crippen LogP contribution in [0.25, 0.3) is 0 Å². The lowest BCUT2D eigenvalue weighted by Crippen LogP contribution is -2.60. The van der Waals surface area contributed by atoms with Crippen LogP contribution >= 0.6 is 0 Å². The van der Waals surface area contributed by atoms with Crippen LogP contribution in [0, 0.1) is 30.4 Å². The molecule has 0 radical (unpaired) electrons. The number of anilines is 1. The van der Waals surface area contributed by atoms with Crippen LogP contribution in [0.1, 0.15) is 54.1 Å². The maximum absolute atomic E-state index is 15.7. The molecule has 2 aromatic carbocycles. The lowest BCUT2D eigenvalue weighted by atomic mass is 9.76. The Labute approximate surface area is 225 Å². The first-order chi connectivity index (χ1) is 18.2. The largest absolute Gasteiger partial charge is 0.352 e. The molecule has 0 aromatic heterocycles. The van der Waals surface area contributed by atoms with Gasteiger partial charge in [-0.2, -0.15) is 8.78 Å². The number of fused-ring (bicyclic) bond motifs is 5. The fourth-order valence-electron chi connectivity index (χ4n) is 5.56. The van der Waals surface area contributed by atoms with Gasteiger partial charge < -0.3 is 10.2 Å². The number of nitrogens with one attached hydrogen (secondary N) is 2. The van der Waals surface area contributed by atoms with Crippen molar-refractivity contribution >= 4 is 27.5 Å². The van der Waals surface area contributed by atoms with E-state index in [0.29, 0.717) is 31.4 Å². The summed E-state index contributed by atoms with van der Waals surface area (Å²) in [5, 5.41) is 2.46. The van der Waals surface area contributed by atoms with E-state index in [0.717, 1.165) is 23.3 Å². The second-order valence-electron chi connectivity index (χ2n) is 10.7. The molecule has 5 rings (SSSR count). The number of rotatable bonds is 6. The molecule has 2 N–H and O–H groups in total. The summed E-state index contributed by atoms with van der Waals surface area (Å²) < 4.78 is 85.9. The summed E-state index contributed by atoms with van der Waals surface area (Å²) in [6.07, 6.45) is 2.83. The first kappa shape index (κ1) is 29.0.